The Bertz CT molecular complexity index is 720. The molecule has 2 aromatic rings. The Balaban J connectivity index is 2.31. The summed E-state index contributed by atoms with van der Waals surface area (Å²) >= 11 is 0. The Kier molecular flexibility index (Phi) is 3.47. The van der Waals surface area contributed by atoms with Crippen LogP contribution in [0.1, 0.15) is 0 Å². The summed E-state index contributed by atoms with van der Waals surface area (Å²) in [5.41, 5.74) is -0.413. The van der Waals surface area contributed by atoms with E-state index in [4.69, 9.17) is 0 Å². The van der Waals surface area contributed by atoms with Gasteiger partial charge < -0.3 is 5.32 Å². The maximum absolute atomic E-state index is 12.1. The van der Waals surface area contributed by atoms with E-state index in [1.54, 1.807) is 7.05 Å². The maximum Gasteiger partial charge on any atom is 0.264 e. The fourth-order valence-electron chi connectivity index (χ4n) is 1.31. The molecule has 0 bridgehead atoms. The minimum atomic E-state index is -3.77. The zero-order valence-corrected chi connectivity index (χ0v) is 10.7. The fraction of sp³-hybridized carbons (Fsp3) is 0.100. The van der Waals surface area contributed by atoms with Crippen LogP contribution < -0.4 is 15.6 Å². The number of nitrogens with one attached hydrogen (secondary N) is 3. The predicted molar refractivity (Wildman–Crippen MR) is 69.4 cm³/mol. The molecule has 0 saturated heterocycles. The van der Waals surface area contributed by atoms with Crippen LogP contribution in [0.2, 0.25) is 0 Å². The van der Waals surface area contributed by atoms with E-state index in [1.165, 1.54) is 30.5 Å². The molecule has 9 heteroatoms. The lowest BCUT2D eigenvalue weighted by molar-refractivity contribution is 0.601. The number of rotatable bonds is 4. The normalized spacial score (nSPS) is 11.0. The molecule has 0 amide bonds. The largest absolute Gasteiger partial charge is 0.373 e. The molecule has 0 aliphatic rings. The Morgan fingerprint density at radius 1 is 1.21 bits per heavy atom. The summed E-state index contributed by atoms with van der Waals surface area (Å²) in [5, 5.41) is 8.46. The highest BCUT2D eigenvalue weighted by atomic mass is 32.2. The van der Waals surface area contributed by atoms with Gasteiger partial charge in [0, 0.05) is 25.4 Å². The number of hydrogen-bond acceptors (Lipinski definition) is 6. The van der Waals surface area contributed by atoms with E-state index in [0.29, 0.717) is 5.82 Å². The number of aromatic amines is 1. The van der Waals surface area contributed by atoms with Gasteiger partial charge in [0.05, 0.1) is 4.90 Å². The Labute approximate surface area is 109 Å². The number of H-pyrrole nitrogens is 1. The van der Waals surface area contributed by atoms with Gasteiger partial charge in [-0.2, -0.15) is 5.10 Å². The van der Waals surface area contributed by atoms with Gasteiger partial charge in [0.1, 0.15) is 5.82 Å². The molecule has 100 valence electrons. The van der Waals surface area contributed by atoms with Crippen molar-refractivity contribution in [3.8, 4) is 0 Å². The average Bonchev–Trinajstić information content (AvgIpc) is 2.41. The molecule has 8 nitrogen and oxygen atoms in total. The van der Waals surface area contributed by atoms with Crippen molar-refractivity contribution in [1.29, 1.82) is 0 Å². The first kappa shape index (κ1) is 13.0. The van der Waals surface area contributed by atoms with E-state index >= 15 is 0 Å². The van der Waals surface area contributed by atoms with Gasteiger partial charge in [0.25, 0.3) is 15.6 Å². The van der Waals surface area contributed by atoms with E-state index < -0.39 is 15.6 Å². The quantitative estimate of drug-likeness (QED) is 0.726. The van der Waals surface area contributed by atoms with Gasteiger partial charge in [-0.25, -0.2) is 18.5 Å². The molecule has 3 N–H and O–H groups in total. The lowest BCUT2D eigenvalue weighted by Gasteiger charge is -2.07. The summed E-state index contributed by atoms with van der Waals surface area (Å²) in [6, 6.07) is 5.19. The van der Waals surface area contributed by atoms with Gasteiger partial charge in [-0.1, -0.05) is 0 Å². The monoisotopic (exact) mass is 281 g/mol. The van der Waals surface area contributed by atoms with E-state index in [2.05, 4.69) is 25.2 Å². The van der Waals surface area contributed by atoms with Crippen molar-refractivity contribution in [2.45, 2.75) is 4.90 Å². The highest BCUT2D eigenvalue weighted by molar-refractivity contribution is 7.92. The maximum atomic E-state index is 12.1. The Hall–Kier alpha value is -2.42. The summed E-state index contributed by atoms with van der Waals surface area (Å²) in [7, 11) is -2.14. The average molecular weight is 281 g/mol. The minimum Gasteiger partial charge on any atom is -0.373 e. The molecular weight excluding hydrogens is 270 g/mol. The standard InChI is InChI=1S/C10H11N5O3S/c1-11-9-6-7(4-5-12-9)19(17,18)15-8-2-3-10(16)14-13-8/h2-6H,1H3,(H,11,12)(H,13,15)(H,14,16). The number of pyridine rings is 1. The number of aromatic nitrogens is 3. The molecule has 0 spiro atoms. The smallest absolute Gasteiger partial charge is 0.264 e. The molecule has 0 aliphatic carbocycles. The van der Waals surface area contributed by atoms with Crippen LogP contribution >= 0.6 is 0 Å². The van der Waals surface area contributed by atoms with Crippen molar-refractivity contribution in [1.82, 2.24) is 15.2 Å². The van der Waals surface area contributed by atoms with Crippen molar-refractivity contribution in [3.05, 3.63) is 40.8 Å². The van der Waals surface area contributed by atoms with Crippen LogP contribution in [0.15, 0.2) is 40.2 Å². The second-order valence-electron chi connectivity index (χ2n) is 3.54. The number of hydrogen-bond donors (Lipinski definition) is 3. The summed E-state index contributed by atoms with van der Waals surface area (Å²) in [5.74, 6) is 0.458. The first-order chi connectivity index (χ1) is 9.01. The van der Waals surface area contributed by atoms with Gasteiger partial charge in [0.15, 0.2) is 5.82 Å². The van der Waals surface area contributed by atoms with Crippen LogP contribution in [0.3, 0.4) is 0 Å². The summed E-state index contributed by atoms with van der Waals surface area (Å²) < 4.78 is 26.4. The molecule has 0 unspecified atom stereocenters. The molecule has 0 atom stereocenters. The molecular formula is C10H11N5O3S. The zero-order chi connectivity index (χ0) is 13.9. The first-order valence-corrected chi connectivity index (χ1v) is 6.72. The van der Waals surface area contributed by atoms with Crippen molar-refractivity contribution in [2.24, 2.45) is 0 Å². The predicted octanol–water partition coefficient (Wildman–Crippen LogP) is 0.00740. The van der Waals surface area contributed by atoms with Crippen LogP contribution in [0.4, 0.5) is 11.6 Å². The lowest BCUT2D eigenvalue weighted by atomic mass is 10.5. The van der Waals surface area contributed by atoms with Gasteiger partial charge in [-0.05, 0) is 12.1 Å². The van der Waals surface area contributed by atoms with Crippen LogP contribution in [0.25, 0.3) is 0 Å². The lowest BCUT2D eigenvalue weighted by Crippen LogP contribution is -2.16. The number of anilines is 2. The first-order valence-electron chi connectivity index (χ1n) is 5.23. The topological polar surface area (TPSA) is 117 Å². The molecule has 2 aromatic heterocycles. The van der Waals surface area contributed by atoms with E-state index in [0.717, 1.165) is 0 Å². The van der Waals surface area contributed by atoms with Crippen LogP contribution in [0, 0.1) is 0 Å². The van der Waals surface area contributed by atoms with Crippen LogP contribution in [-0.2, 0) is 10.0 Å². The third-order valence-corrected chi connectivity index (χ3v) is 3.57. The van der Waals surface area contributed by atoms with Crippen LogP contribution in [-0.4, -0.2) is 30.6 Å². The van der Waals surface area contributed by atoms with Gasteiger partial charge in [-0.3, -0.25) is 9.52 Å². The Morgan fingerprint density at radius 2 is 2.00 bits per heavy atom. The van der Waals surface area contributed by atoms with Crippen molar-refractivity contribution in [2.75, 3.05) is 17.1 Å². The van der Waals surface area contributed by atoms with E-state index in [-0.39, 0.29) is 10.7 Å². The molecule has 0 aliphatic heterocycles. The number of nitrogens with zero attached hydrogens (tertiary/aromatic N) is 2. The van der Waals surface area contributed by atoms with Gasteiger partial charge in [-0.15, -0.1) is 0 Å². The molecule has 0 radical (unpaired) electrons. The van der Waals surface area contributed by atoms with Crippen molar-refractivity contribution < 1.29 is 8.42 Å². The van der Waals surface area contributed by atoms with E-state index in [1.807, 2.05) is 0 Å². The highest BCUT2D eigenvalue weighted by Crippen LogP contribution is 2.15. The van der Waals surface area contributed by atoms with Crippen LogP contribution in [0.5, 0.6) is 0 Å². The van der Waals surface area contributed by atoms with Gasteiger partial charge >= 0.3 is 0 Å². The molecule has 0 saturated carbocycles. The van der Waals surface area contributed by atoms with Crippen molar-refractivity contribution in [3.63, 3.8) is 0 Å². The molecule has 2 heterocycles. The zero-order valence-electron chi connectivity index (χ0n) is 9.91. The molecule has 0 aromatic carbocycles. The summed E-state index contributed by atoms with van der Waals surface area (Å²) in [6.07, 6.45) is 1.38. The molecule has 19 heavy (non-hydrogen) atoms. The Morgan fingerprint density at radius 3 is 2.63 bits per heavy atom. The second-order valence-corrected chi connectivity index (χ2v) is 5.22. The molecule has 2 rings (SSSR count). The highest BCUT2D eigenvalue weighted by Gasteiger charge is 2.15. The molecule has 0 fully saturated rings. The summed E-state index contributed by atoms with van der Waals surface area (Å²) in [4.78, 5) is 14.8. The minimum absolute atomic E-state index is 0.0300. The number of sulfonamides is 1. The second kappa shape index (κ2) is 5.06. The third-order valence-electron chi connectivity index (χ3n) is 2.22. The fourth-order valence-corrected chi connectivity index (χ4v) is 2.33. The van der Waals surface area contributed by atoms with Gasteiger partial charge in [0.2, 0.25) is 0 Å². The summed E-state index contributed by atoms with van der Waals surface area (Å²) in [6.45, 7) is 0. The third kappa shape index (κ3) is 3.07. The SMILES string of the molecule is CNc1cc(S(=O)(=O)Nc2ccc(=O)[nH]n2)ccn1. The van der Waals surface area contributed by atoms with E-state index in [9.17, 15) is 13.2 Å². The van der Waals surface area contributed by atoms with Crippen molar-refractivity contribution >= 4 is 21.7 Å².